The lowest BCUT2D eigenvalue weighted by atomic mass is 9.97. The molecule has 0 bridgehead atoms. The number of β-amino-alcohol motifs (C(OH)–C–C–N with tert-alkyl or cyclic N) is 1. The summed E-state index contributed by atoms with van der Waals surface area (Å²) in [6.45, 7) is 5.51. The summed E-state index contributed by atoms with van der Waals surface area (Å²) in [4.78, 5) is 39.1. The van der Waals surface area contributed by atoms with E-state index < -0.39 is 6.10 Å². The third-order valence-corrected chi connectivity index (χ3v) is 6.33. The number of hydrogen-bond donors (Lipinski definition) is 2. The van der Waals surface area contributed by atoms with Gasteiger partial charge in [0.15, 0.2) is 11.5 Å². The Morgan fingerprint density at radius 3 is 2.65 bits per heavy atom. The Hall–Kier alpha value is -3.78. The van der Waals surface area contributed by atoms with Crippen molar-refractivity contribution in [2.75, 3.05) is 13.1 Å². The molecule has 0 spiro atoms. The van der Waals surface area contributed by atoms with Crippen LogP contribution in [0.25, 0.3) is 22.6 Å². The van der Waals surface area contributed by atoms with Gasteiger partial charge < -0.3 is 15.0 Å². The second-order valence-corrected chi connectivity index (χ2v) is 9.08. The van der Waals surface area contributed by atoms with Crippen molar-refractivity contribution in [2.45, 2.75) is 38.8 Å². The minimum atomic E-state index is -0.448. The first-order valence-electron chi connectivity index (χ1n) is 11.5. The lowest BCUT2D eigenvalue weighted by Crippen LogP contribution is -2.29. The SMILES string of the molecule is CC(C)c1ccccc1-c1ncc2[nH]c(=O)n(Cc3ccc(C(=O)N4CC[C@H](O)C4)cc3)c2n1. The number of amides is 1. The fourth-order valence-corrected chi connectivity index (χ4v) is 4.47. The third kappa shape index (κ3) is 4.12. The van der Waals surface area contributed by atoms with Gasteiger partial charge in [0, 0.05) is 24.2 Å². The van der Waals surface area contributed by atoms with Crippen molar-refractivity contribution in [3.63, 3.8) is 0 Å². The number of carbonyl (C=O) groups excluding carboxylic acids is 1. The molecule has 34 heavy (non-hydrogen) atoms. The van der Waals surface area contributed by atoms with Crippen molar-refractivity contribution in [3.8, 4) is 11.4 Å². The summed E-state index contributed by atoms with van der Waals surface area (Å²) in [6.07, 6.45) is 1.81. The van der Waals surface area contributed by atoms with E-state index in [0.29, 0.717) is 54.5 Å². The predicted octanol–water partition coefficient (Wildman–Crippen LogP) is 3.17. The third-order valence-electron chi connectivity index (χ3n) is 6.33. The van der Waals surface area contributed by atoms with Crippen LogP contribution in [0.3, 0.4) is 0 Å². The van der Waals surface area contributed by atoms with Crippen molar-refractivity contribution in [2.24, 2.45) is 0 Å². The van der Waals surface area contributed by atoms with E-state index in [9.17, 15) is 14.7 Å². The fraction of sp³-hybridized carbons (Fsp3) is 0.308. The number of benzene rings is 2. The number of nitrogens with one attached hydrogen (secondary N) is 1. The molecule has 2 aromatic heterocycles. The van der Waals surface area contributed by atoms with Gasteiger partial charge in [0.1, 0.15) is 5.52 Å². The summed E-state index contributed by atoms with van der Waals surface area (Å²) in [7, 11) is 0. The molecule has 2 aromatic carbocycles. The van der Waals surface area contributed by atoms with Crippen LogP contribution in [0.4, 0.5) is 0 Å². The van der Waals surface area contributed by atoms with Gasteiger partial charge in [-0.3, -0.25) is 9.36 Å². The van der Waals surface area contributed by atoms with E-state index in [4.69, 9.17) is 4.98 Å². The molecule has 0 saturated carbocycles. The first-order chi connectivity index (χ1) is 16.4. The summed E-state index contributed by atoms with van der Waals surface area (Å²) in [6, 6.07) is 15.3. The normalized spacial score (nSPS) is 16.0. The zero-order valence-corrected chi connectivity index (χ0v) is 19.2. The van der Waals surface area contributed by atoms with Crippen LogP contribution in [-0.2, 0) is 6.54 Å². The molecule has 3 heterocycles. The summed E-state index contributed by atoms with van der Waals surface area (Å²) >= 11 is 0. The van der Waals surface area contributed by atoms with Gasteiger partial charge in [0.05, 0.1) is 18.8 Å². The number of hydrogen-bond acceptors (Lipinski definition) is 5. The minimum Gasteiger partial charge on any atom is -0.391 e. The van der Waals surface area contributed by atoms with Crippen LogP contribution in [-0.4, -0.2) is 54.6 Å². The number of fused-ring (bicyclic) bond motifs is 1. The van der Waals surface area contributed by atoms with Gasteiger partial charge in [-0.05, 0) is 35.6 Å². The zero-order chi connectivity index (χ0) is 23.8. The van der Waals surface area contributed by atoms with Crippen molar-refractivity contribution in [1.82, 2.24) is 24.4 Å². The van der Waals surface area contributed by atoms with Crippen LogP contribution in [0.15, 0.2) is 59.5 Å². The van der Waals surface area contributed by atoms with E-state index in [1.54, 1.807) is 27.8 Å². The molecular weight excluding hydrogens is 430 g/mol. The van der Waals surface area contributed by atoms with E-state index in [1.807, 2.05) is 30.3 Å². The molecule has 1 atom stereocenters. The molecule has 174 valence electrons. The monoisotopic (exact) mass is 457 g/mol. The first kappa shape index (κ1) is 22.0. The highest BCUT2D eigenvalue weighted by Crippen LogP contribution is 2.27. The summed E-state index contributed by atoms with van der Waals surface area (Å²) < 4.78 is 1.59. The van der Waals surface area contributed by atoms with Crippen molar-refractivity contribution >= 4 is 17.1 Å². The molecule has 0 unspecified atom stereocenters. The van der Waals surface area contributed by atoms with Gasteiger partial charge in [0.25, 0.3) is 5.91 Å². The maximum atomic E-state index is 12.7. The summed E-state index contributed by atoms with van der Waals surface area (Å²) in [5.41, 5.74) is 4.41. The summed E-state index contributed by atoms with van der Waals surface area (Å²) in [5, 5.41) is 9.69. The second kappa shape index (κ2) is 8.87. The number of aliphatic hydroxyl groups excluding tert-OH is 1. The first-order valence-corrected chi connectivity index (χ1v) is 11.5. The van der Waals surface area contributed by atoms with Gasteiger partial charge in [-0.25, -0.2) is 14.8 Å². The van der Waals surface area contributed by atoms with Crippen LogP contribution < -0.4 is 5.69 Å². The molecule has 1 saturated heterocycles. The molecule has 0 aliphatic carbocycles. The van der Waals surface area contributed by atoms with Gasteiger partial charge >= 0.3 is 5.69 Å². The number of H-pyrrole nitrogens is 1. The Balaban J connectivity index is 1.44. The quantitative estimate of drug-likeness (QED) is 0.479. The van der Waals surface area contributed by atoms with Crippen LogP contribution >= 0.6 is 0 Å². The molecular formula is C26H27N5O3. The lowest BCUT2D eigenvalue weighted by Gasteiger charge is -2.15. The Bertz CT molecular complexity index is 1400. The van der Waals surface area contributed by atoms with Crippen molar-refractivity contribution < 1.29 is 9.90 Å². The average molecular weight is 458 g/mol. The summed E-state index contributed by atoms with van der Waals surface area (Å²) in [5.74, 6) is 0.806. The van der Waals surface area contributed by atoms with Gasteiger partial charge in [-0.2, -0.15) is 0 Å². The zero-order valence-electron chi connectivity index (χ0n) is 19.2. The molecule has 1 fully saturated rings. The van der Waals surface area contributed by atoms with E-state index in [2.05, 4.69) is 29.9 Å². The van der Waals surface area contributed by atoms with Crippen LogP contribution in [0.1, 0.15) is 47.7 Å². The average Bonchev–Trinajstić information content (AvgIpc) is 3.41. The number of aromatic amines is 1. The molecule has 1 aliphatic heterocycles. The van der Waals surface area contributed by atoms with E-state index in [0.717, 1.165) is 16.7 Å². The Morgan fingerprint density at radius 2 is 1.94 bits per heavy atom. The van der Waals surface area contributed by atoms with E-state index >= 15 is 0 Å². The Kier molecular flexibility index (Phi) is 5.75. The number of aliphatic hydroxyl groups is 1. The Morgan fingerprint density at radius 1 is 1.18 bits per heavy atom. The molecule has 5 rings (SSSR count). The highest BCUT2D eigenvalue weighted by molar-refractivity contribution is 5.94. The molecule has 2 N–H and O–H groups in total. The van der Waals surface area contributed by atoms with E-state index in [1.165, 1.54) is 0 Å². The van der Waals surface area contributed by atoms with Crippen LogP contribution in [0.5, 0.6) is 0 Å². The topological polar surface area (TPSA) is 104 Å². The molecule has 0 radical (unpaired) electrons. The maximum absolute atomic E-state index is 12.7. The van der Waals surface area contributed by atoms with Crippen molar-refractivity contribution in [1.29, 1.82) is 0 Å². The maximum Gasteiger partial charge on any atom is 0.328 e. The van der Waals surface area contributed by atoms with Crippen LogP contribution in [0.2, 0.25) is 0 Å². The molecule has 1 amide bonds. The highest BCUT2D eigenvalue weighted by atomic mass is 16.3. The molecule has 1 aliphatic rings. The standard InChI is InChI=1S/C26H27N5O3/c1-16(2)20-5-3-4-6-21(20)23-27-13-22-24(29-23)31(26(34)28-22)14-17-7-9-18(10-8-17)25(33)30-12-11-19(32)15-30/h3-10,13,16,19,32H,11-12,14-15H2,1-2H3,(H,28,34)/t19-/m0/s1. The second-order valence-electron chi connectivity index (χ2n) is 9.08. The van der Waals surface area contributed by atoms with Gasteiger partial charge in [0.2, 0.25) is 0 Å². The number of rotatable bonds is 5. The number of imidazole rings is 1. The number of likely N-dealkylation sites (tertiary alicyclic amines) is 1. The number of carbonyl (C=O) groups is 1. The number of nitrogens with zero attached hydrogens (tertiary/aromatic N) is 4. The van der Waals surface area contributed by atoms with Crippen LogP contribution in [0, 0.1) is 0 Å². The minimum absolute atomic E-state index is 0.0893. The predicted molar refractivity (Wildman–Crippen MR) is 130 cm³/mol. The molecule has 8 nitrogen and oxygen atoms in total. The largest absolute Gasteiger partial charge is 0.391 e. The van der Waals surface area contributed by atoms with Gasteiger partial charge in [-0.15, -0.1) is 0 Å². The van der Waals surface area contributed by atoms with Gasteiger partial charge in [-0.1, -0.05) is 50.2 Å². The fourth-order valence-electron chi connectivity index (χ4n) is 4.47. The highest BCUT2D eigenvalue weighted by Gasteiger charge is 2.25. The molecule has 4 aromatic rings. The van der Waals surface area contributed by atoms with Crippen molar-refractivity contribution in [3.05, 3.63) is 81.9 Å². The number of aromatic nitrogens is 4. The lowest BCUT2D eigenvalue weighted by molar-refractivity contribution is 0.0765. The van der Waals surface area contributed by atoms with E-state index in [-0.39, 0.29) is 11.6 Å². The Labute approximate surface area is 196 Å². The molecule has 8 heteroatoms. The smallest absolute Gasteiger partial charge is 0.328 e.